The second-order valence-electron chi connectivity index (χ2n) is 3.44. The predicted octanol–water partition coefficient (Wildman–Crippen LogP) is 3.12. The lowest BCUT2D eigenvalue weighted by molar-refractivity contribution is 0.329. The van der Waals surface area contributed by atoms with Gasteiger partial charge in [-0.1, -0.05) is 28.1 Å². The first-order chi connectivity index (χ1) is 7.00. The van der Waals surface area contributed by atoms with Gasteiger partial charge in [0.25, 0.3) is 0 Å². The molecule has 0 atom stereocenters. The summed E-state index contributed by atoms with van der Waals surface area (Å²) in [5.41, 5.74) is 7.72. The van der Waals surface area contributed by atoms with Gasteiger partial charge < -0.3 is 10.5 Å². The van der Waals surface area contributed by atoms with Crippen molar-refractivity contribution in [3.63, 3.8) is 0 Å². The first kappa shape index (κ1) is 12.5. The summed E-state index contributed by atoms with van der Waals surface area (Å²) in [6.45, 7) is 4.62. The molecule has 1 aromatic rings. The Morgan fingerprint density at radius 2 is 1.93 bits per heavy atom. The maximum atomic E-state index is 5.55. The number of halogens is 1. The third-order valence-corrected chi connectivity index (χ3v) is 3.48. The summed E-state index contributed by atoms with van der Waals surface area (Å²) < 4.78 is 6.67. The van der Waals surface area contributed by atoms with Crippen LogP contribution in [-0.2, 0) is 0 Å². The minimum absolute atomic E-state index is 0.487. The fourth-order valence-corrected chi connectivity index (χ4v) is 1.57. The van der Waals surface area contributed by atoms with E-state index < -0.39 is 0 Å². The molecule has 0 unspecified atom stereocenters. The van der Waals surface area contributed by atoms with Gasteiger partial charge in [0.15, 0.2) is 0 Å². The smallest absolute Gasteiger partial charge is 0.119 e. The molecule has 0 spiro atoms. The van der Waals surface area contributed by atoms with Crippen LogP contribution in [0.1, 0.15) is 17.5 Å². The molecule has 4 heteroatoms. The third-order valence-electron chi connectivity index (χ3n) is 2.03. The van der Waals surface area contributed by atoms with Gasteiger partial charge in [0.05, 0.1) is 11.6 Å². The highest BCUT2D eigenvalue weighted by atomic mass is 79.9. The fourth-order valence-electron chi connectivity index (χ4n) is 1.26. The molecule has 0 aliphatic heterocycles. The van der Waals surface area contributed by atoms with Crippen molar-refractivity contribution >= 4 is 33.1 Å². The molecule has 2 nitrogen and oxygen atoms in total. The SMILES string of the molecule is Cc1cc(OCCC(N)=S)cc(C)c1Br. The van der Waals surface area contributed by atoms with Crippen LogP contribution < -0.4 is 10.5 Å². The Labute approximate surface area is 104 Å². The van der Waals surface area contributed by atoms with Crippen LogP contribution in [0.2, 0.25) is 0 Å². The summed E-state index contributed by atoms with van der Waals surface area (Å²) in [5.74, 6) is 0.865. The first-order valence-electron chi connectivity index (χ1n) is 4.68. The van der Waals surface area contributed by atoms with Gasteiger partial charge in [0.1, 0.15) is 5.75 Å². The molecular formula is C11H14BrNOS. The number of ether oxygens (including phenoxy) is 1. The molecule has 0 saturated heterocycles. The topological polar surface area (TPSA) is 35.2 Å². The molecule has 0 fully saturated rings. The standard InChI is InChI=1S/C11H14BrNOS/c1-7-5-9(6-8(2)11(7)12)14-4-3-10(13)15/h5-6H,3-4H2,1-2H3,(H2,13,15). The average molecular weight is 288 g/mol. The van der Waals surface area contributed by atoms with Gasteiger partial charge >= 0.3 is 0 Å². The summed E-state index contributed by atoms with van der Waals surface area (Å²) in [6, 6.07) is 3.99. The van der Waals surface area contributed by atoms with Crippen molar-refractivity contribution in [1.82, 2.24) is 0 Å². The molecule has 15 heavy (non-hydrogen) atoms. The highest BCUT2D eigenvalue weighted by Crippen LogP contribution is 2.26. The molecule has 0 radical (unpaired) electrons. The molecule has 1 rings (SSSR count). The van der Waals surface area contributed by atoms with Crippen LogP contribution in [0.3, 0.4) is 0 Å². The Morgan fingerprint density at radius 1 is 1.40 bits per heavy atom. The van der Waals surface area contributed by atoms with E-state index in [1.54, 1.807) is 0 Å². The van der Waals surface area contributed by atoms with E-state index in [0.29, 0.717) is 18.0 Å². The Balaban J connectivity index is 2.66. The van der Waals surface area contributed by atoms with E-state index in [0.717, 1.165) is 10.2 Å². The van der Waals surface area contributed by atoms with Crippen molar-refractivity contribution < 1.29 is 4.74 Å². The number of thiocarbonyl (C=S) groups is 1. The van der Waals surface area contributed by atoms with E-state index in [-0.39, 0.29) is 0 Å². The molecule has 0 aliphatic carbocycles. The van der Waals surface area contributed by atoms with Gasteiger partial charge in [-0.15, -0.1) is 0 Å². The summed E-state index contributed by atoms with van der Waals surface area (Å²) in [4.78, 5) is 0.487. The van der Waals surface area contributed by atoms with Crippen LogP contribution in [0, 0.1) is 13.8 Å². The van der Waals surface area contributed by atoms with Crippen LogP contribution in [0.25, 0.3) is 0 Å². The van der Waals surface area contributed by atoms with Crippen molar-refractivity contribution in [3.8, 4) is 5.75 Å². The van der Waals surface area contributed by atoms with Crippen molar-refractivity contribution in [3.05, 3.63) is 27.7 Å². The van der Waals surface area contributed by atoms with E-state index in [4.69, 9.17) is 22.7 Å². The van der Waals surface area contributed by atoms with Crippen molar-refractivity contribution in [1.29, 1.82) is 0 Å². The quantitative estimate of drug-likeness (QED) is 0.865. The molecule has 0 aliphatic rings. The van der Waals surface area contributed by atoms with E-state index in [2.05, 4.69) is 15.9 Å². The van der Waals surface area contributed by atoms with Gasteiger partial charge in [0, 0.05) is 10.9 Å². The van der Waals surface area contributed by atoms with Crippen LogP contribution in [0.5, 0.6) is 5.75 Å². The largest absolute Gasteiger partial charge is 0.493 e. The van der Waals surface area contributed by atoms with E-state index >= 15 is 0 Å². The molecule has 0 heterocycles. The number of hydrogen-bond acceptors (Lipinski definition) is 2. The maximum Gasteiger partial charge on any atom is 0.119 e. The predicted molar refractivity (Wildman–Crippen MR) is 70.5 cm³/mol. The Kier molecular flexibility index (Phi) is 4.54. The Hall–Kier alpha value is -0.610. The van der Waals surface area contributed by atoms with Crippen molar-refractivity contribution in [2.24, 2.45) is 5.73 Å². The summed E-state index contributed by atoms with van der Waals surface area (Å²) in [5, 5.41) is 0. The van der Waals surface area contributed by atoms with E-state index in [1.807, 2.05) is 26.0 Å². The zero-order chi connectivity index (χ0) is 11.4. The zero-order valence-electron chi connectivity index (χ0n) is 8.84. The first-order valence-corrected chi connectivity index (χ1v) is 5.88. The Morgan fingerprint density at radius 3 is 2.40 bits per heavy atom. The molecule has 82 valence electrons. The highest BCUT2D eigenvalue weighted by Gasteiger charge is 2.03. The van der Waals surface area contributed by atoms with Crippen LogP contribution >= 0.6 is 28.1 Å². The lowest BCUT2D eigenvalue weighted by atomic mass is 10.1. The minimum atomic E-state index is 0.487. The van der Waals surface area contributed by atoms with Gasteiger partial charge in [-0.05, 0) is 37.1 Å². The molecule has 0 bridgehead atoms. The van der Waals surface area contributed by atoms with Gasteiger partial charge in [-0.25, -0.2) is 0 Å². The van der Waals surface area contributed by atoms with Crippen LogP contribution in [0.15, 0.2) is 16.6 Å². The third kappa shape index (κ3) is 3.80. The number of aryl methyl sites for hydroxylation is 2. The molecule has 0 saturated carbocycles. The average Bonchev–Trinajstić information content (AvgIpc) is 2.13. The Bertz CT molecular complexity index is 356. The summed E-state index contributed by atoms with van der Waals surface area (Å²) >= 11 is 8.28. The highest BCUT2D eigenvalue weighted by molar-refractivity contribution is 9.10. The molecule has 1 aromatic carbocycles. The fraction of sp³-hybridized carbons (Fsp3) is 0.364. The van der Waals surface area contributed by atoms with Crippen molar-refractivity contribution in [2.45, 2.75) is 20.3 Å². The summed E-state index contributed by atoms with van der Waals surface area (Å²) in [6.07, 6.45) is 0.615. The van der Waals surface area contributed by atoms with Crippen LogP contribution in [0.4, 0.5) is 0 Å². The number of benzene rings is 1. The van der Waals surface area contributed by atoms with Gasteiger partial charge in [0.2, 0.25) is 0 Å². The maximum absolute atomic E-state index is 5.55. The molecule has 2 N–H and O–H groups in total. The second kappa shape index (κ2) is 5.47. The lowest BCUT2D eigenvalue weighted by Gasteiger charge is -2.09. The van der Waals surface area contributed by atoms with Crippen LogP contribution in [-0.4, -0.2) is 11.6 Å². The monoisotopic (exact) mass is 287 g/mol. The number of nitrogens with two attached hydrogens (primary N) is 1. The molecule has 0 amide bonds. The second-order valence-corrected chi connectivity index (χ2v) is 4.75. The minimum Gasteiger partial charge on any atom is -0.493 e. The number of hydrogen-bond donors (Lipinski definition) is 1. The zero-order valence-corrected chi connectivity index (χ0v) is 11.2. The number of rotatable bonds is 4. The molecular weight excluding hydrogens is 274 g/mol. The van der Waals surface area contributed by atoms with Gasteiger partial charge in [-0.3, -0.25) is 0 Å². The van der Waals surface area contributed by atoms with E-state index in [1.165, 1.54) is 11.1 Å². The lowest BCUT2D eigenvalue weighted by Crippen LogP contribution is -2.12. The normalized spacial score (nSPS) is 10.1. The van der Waals surface area contributed by atoms with E-state index in [9.17, 15) is 0 Å². The van der Waals surface area contributed by atoms with Crippen molar-refractivity contribution in [2.75, 3.05) is 6.61 Å². The van der Waals surface area contributed by atoms with Gasteiger partial charge in [-0.2, -0.15) is 0 Å². The summed E-state index contributed by atoms with van der Waals surface area (Å²) in [7, 11) is 0. The molecule has 0 aromatic heterocycles.